The molecule has 22 heavy (non-hydrogen) atoms. The van der Waals surface area contributed by atoms with Crippen molar-refractivity contribution >= 4 is 23.5 Å². The van der Waals surface area contributed by atoms with Crippen molar-refractivity contribution in [1.29, 1.82) is 5.41 Å². The van der Waals surface area contributed by atoms with Crippen LogP contribution in [-0.2, 0) is 6.54 Å². The van der Waals surface area contributed by atoms with Crippen molar-refractivity contribution in [3.8, 4) is 0 Å². The zero-order valence-corrected chi connectivity index (χ0v) is 13.5. The van der Waals surface area contributed by atoms with E-state index < -0.39 is 0 Å². The van der Waals surface area contributed by atoms with Gasteiger partial charge in [-0.3, -0.25) is 0 Å². The summed E-state index contributed by atoms with van der Waals surface area (Å²) < 4.78 is 0. The van der Waals surface area contributed by atoms with Gasteiger partial charge >= 0.3 is 0 Å². The number of hydrogen-bond donors (Lipinski definition) is 3. The summed E-state index contributed by atoms with van der Waals surface area (Å²) in [6.45, 7) is 8.48. The molecule has 1 aromatic carbocycles. The lowest BCUT2D eigenvalue weighted by Gasteiger charge is -2.18. The topological polar surface area (TPSA) is 60.3 Å². The van der Waals surface area contributed by atoms with Crippen LogP contribution in [0.2, 0.25) is 5.02 Å². The monoisotopic (exact) mass is 314 g/mol. The van der Waals surface area contributed by atoms with Gasteiger partial charge in [0.05, 0.1) is 5.57 Å². The number of benzene rings is 1. The number of allylic oxidation sites excluding steroid dienone is 3. The van der Waals surface area contributed by atoms with Crippen molar-refractivity contribution in [2.75, 3.05) is 0 Å². The Hall–Kier alpha value is -2.33. The summed E-state index contributed by atoms with van der Waals surface area (Å²) in [6, 6.07) is 7.62. The Morgan fingerprint density at radius 2 is 2.23 bits per heavy atom. The standard InChI is InChI=1S/C17H19ClN4/c1-11-7-12(2)22-17(21-11)16(9-19)13(3)20-10-14-5-4-6-15(18)8-14/h4-9,19-21H,3,10H2,1-2H3/b17-16-,19-9?. The van der Waals surface area contributed by atoms with Crippen molar-refractivity contribution in [1.82, 2.24) is 10.6 Å². The molecule has 0 bridgehead atoms. The maximum Gasteiger partial charge on any atom is 0.141 e. The Morgan fingerprint density at radius 1 is 1.45 bits per heavy atom. The summed E-state index contributed by atoms with van der Waals surface area (Å²) in [6.07, 6.45) is 3.21. The molecule has 0 saturated heterocycles. The second kappa shape index (κ2) is 7.09. The summed E-state index contributed by atoms with van der Waals surface area (Å²) in [5, 5.41) is 14.7. The Kier molecular flexibility index (Phi) is 5.17. The van der Waals surface area contributed by atoms with Gasteiger partial charge in [-0.15, -0.1) is 0 Å². The third kappa shape index (κ3) is 4.09. The van der Waals surface area contributed by atoms with Crippen LogP contribution in [0.4, 0.5) is 0 Å². The summed E-state index contributed by atoms with van der Waals surface area (Å²) in [5.41, 5.74) is 4.21. The first kappa shape index (κ1) is 16.0. The minimum absolute atomic E-state index is 0.585. The van der Waals surface area contributed by atoms with Gasteiger partial charge in [0.2, 0.25) is 0 Å². The van der Waals surface area contributed by atoms with E-state index in [1.54, 1.807) is 0 Å². The van der Waals surface area contributed by atoms with Crippen molar-refractivity contribution in [2.45, 2.75) is 20.4 Å². The average molecular weight is 315 g/mol. The minimum Gasteiger partial charge on any atom is -0.381 e. The number of nitrogens with zero attached hydrogens (tertiary/aromatic N) is 1. The molecular weight excluding hydrogens is 296 g/mol. The molecule has 5 heteroatoms. The predicted molar refractivity (Wildman–Crippen MR) is 93.2 cm³/mol. The number of halogens is 1. The molecule has 0 saturated carbocycles. The van der Waals surface area contributed by atoms with Gasteiger partial charge in [-0.2, -0.15) is 0 Å². The van der Waals surface area contributed by atoms with E-state index in [-0.39, 0.29) is 0 Å². The number of rotatable bonds is 5. The molecule has 1 aliphatic heterocycles. The molecule has 0 aliphatic carbocycles. The summed E-state index contributed by atoms with van der Waals surface area (Å²) >= 11 is 5.97. The van der Waals surface area contributed by atoms with E-state index in [4.69, 9.17) is 17.0 Å². The second-order valence-electron chi connectivity index (χ2n) is 5.07. The molecule has 0 unspecified atom stereocenters. The lowest BCUT2D eigenvalue weighted by Crippen LogP contribution is -2.22. The second-order valence-corrected chi connectivity index (χ2v) is 5.51. The Balaban J connectivity index is 2.13. The van der Waals surface area contributed by atoms with Gasteiger partial charge in [0.15, 0.2) is 0 Å². The Morgan fingerprint density at radius 3 is 2.86 bits per heavy atom. The van der Waals surface area contributed by atoms with E-state index in [9.17, 15) is 0 Å². The third-order valence-corrected chi connectivity index (χ3v) is 3.38. The van der Waals surface area contributed by atoms with Gasteiger partial charge in [-0.25, -0.2) is 4.99 Å². The van der Waals surface area contributed by atoms with Crippen molar-refractivity contribution in [3.63, 3.8) is 0 Å². The Bertz CT molecular complexity index is 698. The van der Waals surface area contributed by atoms with Gasteiger partial charge in [-0.1, -0.05) is 30.3 Å². The molecule has 1 heterocycles. The fourth-order valence-corrected chi connectivity index (χ4v) is 2.36. The third-order valence-electron chi connectivity index (χ3n) is 3.15. The number of aliphatic imine (C=N–C) groups is 1. The Labute approximate surface area is 135 Å². The van der Waals surface area contributed by atoms with E-state index in [1.807, 2.05) is 44.2 Å². The first-order valence-corrected chi connectivity index (χ1v) is 7.30. The summed E-state index contributed by atoms with van der Waals surface area (Å²) in [7, 11) is 0. The maximum atomic E-state index is 7.64. The van der Waals surface area contributed by atoms with E-state index in [0.717, 1.165) is 17.0 Å². The van der Waals surface area contributed by atoms with Gasteiger partial charge in [-0.05, 0) is 37.6 Å². The molecule has 114 valence electrons. The molecule has 0 spiro atoms. The molecule has 0 fully saturated rings. The van der Waals surface area contributed by atoms with E-state index in [2.05, 4.69) is 22.2 Å². The highest BCUT2D eigenvalue weighted by Crippen LogP contribution is 2.15. The van der Waals surface area contributed by atoms with Crippen LogP contribution in [0, 0.1) is 5.41 Å². The fraction of sp³-hybridized carbons (Fsp3) is 0.176. The van der Waals surface area contributed by atoms with Crippen LogP contribution >= 0.6 is 11.6 Å². The van der Waals surface area contributed by atoms with E-state index in [1.165, 1.54) is 6.21 Å². The van der Waals surface area contributed by atoms with E-state index in [0.29, 0.717) is 28.7 Å². The molecule has 0 amide bonds. The van der Waals surface area contributed by atoms with Crippen LogP contribution in [0.5, 0.6) is 0 Å². The maximum absolute atomic E-state index is 7.64. The van der Waals surface area contributed by atoms with Crippen molar-refractivity contribution in [2.24, 2.45) is 4.99 Å². The molecular formula is C17H19ClN4. The summed E-state index contributed by atoms with van der Waals surface area (Å²) in [4.78, 5) is 4.43. The van der Waals surface area contributed by atoms with Crippen LogP contribution in [0.1, 0.15) is 19.4 Å². The molecule has 0 aromatic heterocycles. The van der Waals surface area contributed by atoms with Crippen LogP contribution < -0.4 is 10.6 Å². The van der Waals surface area contributed by atoms with E-state index >= 15 is 0 Å². The molecule has 0 radical (unpaired) electrons. The molecule has 4 nitrogen and oxygen atoms in total. The normalized spacial score (nSPS) is 16.1. The van der Waals surface area contributed by atoms with Crippen molar-refractivity contribution in [3.05, 3.63) is 70.3 Å². The first-order valence-electron chi connectivity index (χ1n) is 6.92. The number of hydrogen-bond acceptors (Lipinski definition) is 4. The van der Waals surface area contributed by atoms with Gasteiger partial charge < -0.3 is 16.0 Å². The fourth-order valence-electron chi connectivity index (χ4n) is 2.15. The van der Waals surface area contributed by atoms with Gasteiger partial charge in [0, 0.05) is 34.9 Å². The smallest absolute Gasteiger partial charge is 0.141 e. The number of nitrogens with one attached hydrogen (secondary N) is 3. The molecule has 3 N–H and O–H groups in total. The van der Waals surface area contributed by atoms with Crippen molar-refractivity contribution < 1.29 is 0 Å². The quantitative estimate of drug-likeness (QED) is 0.724. The van der Waals surface area contributed by atoms with Crippen LogP contribution in [0.15, 0.2) is 64.7 Å². The molecule has 0 atom stereocenters. The highest BCUT2D eigenvalue weighted by molar-refractivity contribution is 6.30. The SMILES string of the molecule is C=C(NCc1cccc(Cl)c1)/C(C=N)=C1\N=C(C)C=C(C)N1. The van der Waals surface area contributed by atoms with Gasteiger partial charge in [0.25, 0.3) is 0 Å². The zero-order chi connectivity index (χ0) is 16.1. The predicted octanol–water partition coefficient (Wildman–Crippen LogP) is 3.77. The van der Waals surface area contributed by atoms with Gasteiger partial charge in [0.1, 0.15) is 5.82 Å². The molecule has 1 aromatic rings. The highest BCUT2D eigenvalue weighted by atomic mass is 35.5. The minimum atomic E-state index is 0.585. The van der Waals surface area contributed by atoms with Crippen LogP contribution in [-0.4, -0.2) is 11.9 Å². The average Bonchev–Trinajstić information content (AvgIpc) is 2.45. The molecule has 1 aliphatic rings. The van der Waals surface area contributed by atoms with Crippen LogP contribution in [0.25, 0.3) is 0 Å². The lowest BCUT2D eigenvalue weighted by atomic mass is 10.1. The van der Waals surface area contributed by atoms with Crippen LogP contribution in [0.3, 0.4) is 0 Å². The largest absolute Gasteiger partial charge is 0.381 e. The first-order chi connectivity index (χ1) is 10.5. The lowest BCUT2D eigenvalue weighted by molar-refractivity contribution is 0.819. The highest BCUT2D eigenvalue weighted by Gasteiger charge is 2.11. The zero-order valence-electron chi connectivity index (χ0n) is 12.7. The summed E-state index contributed by atoms with van der Waals surface area (Å²) in [5.74, 6) is 0.635. The molecule has 2 rings (SSSR count).